The monoisotopic (exact) mass is 568 g/mol. The average Bonchev–Trinajstić information content (AvgIpc) is 3.79. The largest absolute Gasteiger partial charge is 0.480 e. The number of nitrogens with zero attached hydrogens (tertiary/aromatic N) is 4. The molecule has 0 aliphatic carbocycles. The standard InChI is InChI=1S/C33H36N4O5/c1-23(2)29(31(40)41)34(3)32(42)35-19-20-36(28(38)22-35)30(39)27-21-37(27)33(24-13-7-4-8-14-24,25-15-9-5-10-16-25)26-17-11-6-12-18-26/h4-18,23,27,29H,19-22H2,1-3H3,(H,40,41)/t27-,29-,37?/m0/s1. The van der Waals surface area contributed by atoms with E-state index in [0.717, 1.165) is 21.6 Å². The number of carbonyl (C=O) groups is 4. The van der Waals surface area contributed by atoms with Crippen molar-refractivity contribution in [1.82, 2.24) is 19.6 Å². The summed E-state index contributed by atoms with van der Waals surface area (Å²) < 4.78 is 0. The molecule has 42 heavy (non-hydrogen) atoms. The third-order valence-corrected chi connectivity index (χ3v) is 8.26. The molecule has 2 aliphatic heterocycles. The van der Waals surface area contributed by atoms with Crippen molar-refractivity contribution in [1.29, 1.82) is 0 Å². The fourth-order valence-electron chi connectivity index (χ4n) is 6.25. The van der Waals surface area contributed by atoms with E-state index in [0.29, 0.717) is 6.54 Å². The van der Waals surface area contributed by atoms with Crippen molar-refractivity contribution in [3.05, 3.63) is 108 Å². The van der Waals surface area contributed by atoms with Gasteiger partial charge in [-0.3, -0.25) is 19.4 Å². The van der Waals surface area contributed by atoms with Crippen LogP contribution in [0.2, 0.25) is 0 Å². The summed E-state index contributed by atoms with van der Waals surface area (Å²) in [6, 6.07) is 28.1. The number of rotatable bonds is 8. The maximum absolute atomic E-state index is 13.9. The van der Waals surface area contributed by atoms with Crippen molar-refractivity contribution in [3.63, 3.8) is 0 Å². The Morgan fingerprint density at radius 3 is 1.71 bits per heavy atom. The van der Waals surface area contributed by atoms with E-state index in [4.69, 9.17) is 0 Å². The van der Waals surface area contributed by atoms with Crippen LogP contribution in [0.5, 0.6) is 0 Å². The second kappa shape index (κ2) is 11.8. The fourth-order valence-corrected chi connectivity index (χ4v) is 6.25. The minimum atomic E-state index is -1.10. The van der Waals surface area contributed by atoms with Crippen molar-refractivity contribution in [2.45, 2.75) is 31.5 Å². The Labute approximate surface area is 245 Å². The first-order chi connectivity index (χ1) is 20.2. The second-order valence-electron chi connectivity index (χ2n) is 11.2. The highest BCUT2D eigenvalue weighted by atomic mass is 16.4. The highest BCUT2D eigenvalue weighted by Crippen LogP contribution is 2.48. The van der Waals surface area contributed by atoms with Gasteiger partial charge in [0.15, 0.2) is 0 Å². The highest BCUT2D eigenvalue weighted by Gasteiger charge is 2.57. The Balaban J connectivity index is 1.40. The lowest BCUT2D eigenvalue weighted by molar-refractivity contribution is -0.148. The van der Waals surface area contributed by atoms with Crippen LogP contribution in [0.3, 0.4) is 0 Å². The van der Waals surface area contributed by atoms with Gasteiger partial charge < -0.3 is 14.9 Å². The van der Waals surface area contributed by atoms with Gasteiger partial charge in [-0.25, -0.2) is 9.59 Å². The SMILES string of the molecule is CC(C)[C@@H](C(=O)O)N(C)C(=O)N1CCN(C(=O)[C@@H]2CN2C(c2ccccc2)(c2ccccc2)c2ccccc2)C(=O)C1. The van der Waals surface area contributed by atoms with Crippen molar-refractivity contribution in [2.75, 3.05) is 33.2 Å². The van der Waals surface area contributed by atoms with Gasteiger partial charge in [-0.05, 0) is 22.6 Å². The maximum atomic E-state index is 13.9. The molecule has 0 saturated carbocycles. The van der Waals surface area contributed by atoms with E-state index >= 15 is 0 Å². The lowest BCUT2D eigenvalue weighted by Gasteiger charge is -2.39. The summed E-state index contributed by atoms with van der Waals surface area (Å²) in [5.41, 5.74) is 2.29. The molecule has 2 fully saturated rings. The van der Waals surface area contributed by atoms with Crippen LogP contribution in [-0.2, 0) is 19.9 Å². The number of carbonyl (C=O) groups excluding carboxylic acids is 3. The van der Waals surface area contributed by atoms with Gasteiger partial charge in [0.25, 0.3) is 0 Å². The van der Waals surface area contributed by atoms with Crippen LogP contribution in [0.4, 0.5) is 4.79 Å². The van der Waals surface area contributed by atoms with Gasteiger partial charge >= 0.3 is 12.0 Å². The van der Waals surface area contributed by atoms with Gasteiger partial charge in [-0.2, -0.15) is 0 Å². The molecule has 218 valence electrons. The Hall–Kier alpha value is -4.50. The quantitative estimate of drug-likeness (QED) is 0.254. The number of piperazine rings is 1. The fraction of sp³-hybridized carbons (Fsp3) is 0.333. The molecule has 0 radical (unpaired) electrons. The molecule has 9 nitrogen and oxygen atoms in total. The normalized spacial score (nSPS) is 19.4. The van der Waals surface area contributed by atoms with E-state index in [1.54, 1.807) is 13.8 Å². The third kappa shape index (κ3) is 5.16. The summed E-state index contributed by atoms with van der Waals surface area (Å²) in [5, 5.41) is 9.60. The van der Waals surface area contributed by atoms with Crippen LogP contribution in [0.25, 0.3) is 0 Å². The van der Waals surface area contributed by atoms with Gasteiger partial charge in [0.05, 0.1) is 5.54 Å². The molecular weight excluding hydrogens is 532 g/mol. The van der Waals surface area contributed by atoms with Gasteiger partial charge in [0.1, 0.15) is 18.6 Å². The molecule has 0 aromatic heterocycles. The van der Waals surface area contributed by atoms with E-state index in [9.17, 15) is 24.3 Å². The number of carboxylic acids is 1. The number of likely N-dealkylation sites (N-methyl/N-ethyl adjacent to an activating group) is 1. The van der Waals surface area contributed by atoms with E-state index in [-0.39, 0.29) is 31.5 Å². The minimum absolute atomic E-state index is 0.0516. The molecule has 3 atom stereocenters. The van der Waals surface area contributed by atoms with Gasteiger partial charge in [-0.1, -0.05) is 105 Å². The van der Waals surface area contributed by atoms with Crippen molar-refractivity contribution < 1.29 is 24.3 Å². The molecule has 2 heterocycles. The lowest BCUT2D eigenvalue weighted by atomic mass is 9.76. The Morgan fingerprint density at radius 1 is 0.833 bits per heavy atom. The first-order valence-corrected chi connectivity index (χ1v) is 14.2. The molecule has 0 bridgehead atoms. The summed E-state index contributed by atoms with van der Waals surface area (Å²) in [6.45, 7) is 3.82. The topological polar surface area (TPSA) is 101 Å². The molecule has 5 rings (SSSR count). The summed E-state index contributed by atoms with van der Waals surface area (Å²) in [7, 11) is 1.43. The summed E-state index contributed by atoms with van der Waals surface area (Å²) >= 11 is 0. The number of carboxylic acid groups (broad SMARTS) is 1. The molecule has 0 spiro atoms. The summed E-state index contributed by atoms with van der Waals surface area (Å²) in [6.07, 6.45) is 0. The highest BCUT2D eigenvalue weighted by molar-refractivity contribution is 6.01. The van der Waals surface area contributed by atoms with Crippen molar-refractivity contribution in [2.24, 2.45) is 5.92 Å². The zero-order valence-electron chi connectivity index (χ0n) is 24.1. The van der Waals surface area contributed by atoms with Gasteiger partial charge in [0.2, 0.25) is 11.8 Å². The van der Waals surface area contributed by atoms with Crippen LogP contribution in [-0.4, -0.2) is 93.8 Å². The number of urea groups is 1. The molecule has 1 unspecified atom stereocenters. The van der Waals surface area contributed by atoms with E-state index in [1.165, 1.54) is 16.8 Å². The Bertz CT molecular complexity index is 1350. The van der Waals surface area contributed by atoms with Crippen LogP contribution >= 0.6 is 0 Å². The average molecular weight is 569 g/mol. The molecule has 4 amide bonds. The van der Waals surface area contributed by atoms with Crippen molar-refractivity contribution >= 4 is 23.8 Å². The van der Waals surface area contributed by atoms with Crippen LogP contribution in [0.1, 0.15) is 30.5 Å². The predicted octanol–water partition coefficient (Wildman–Crippen LogP) is 3.49. The first-order valence-electron chi connectivity index (χ1n) is 14.2. The Morgan fingerprint density at radius 2 is 1.31 bits per heavy atom. The lowest BCUT2D eigenvalue weighted by Crippen LogP contribution is -2.59. The minimum Gasteiger partial charge on any atom is -0.480 e. The zero-order valence-corrected chi connectivity index (χ0v) is 24.1. The van der Waals surface area contributed by atoms with Crippen molar-refractivity contribution in [3.8, 4) is 0 Å². The molecule has 1 N–H and O–H groups in total. The number of hydrogen-bond donors (Lipinski definition) is 1. The summed E-state index contributed by atoms with van der Waals surface area (Å²) in [4.78, 5) is 57.9. The van der Waals surface area contributed by atoms with Crippen LogP contribution in [0, 0.1) is 5.92 Å². The zero-order chi connectivity index (χ0) is 30.0. The maximum Gasteiger partial charge on any atom is 0.326 e. The number of benzene rings is 3. The van der Waals surface area contributed by atoms with Crippen LogP contribution < -0.4 is 0 Å². The molecule has 9 heteroatoms. The first kappa shape index (κ1) is 29.0. The summed E-state index contributed by atoms with van der Waals surface area (Å²) in [5.74, 6) is -2.18. The van der Waals surface area contributed by atoms with Crippen LogP contribution in [0.15, 0.2) is 91.0 Å². The molecular formula is C33H36N4O5. The van der Waals surface area contributed by atoms with E-state index in [1.807, 2.05) is 54.6 Å². The van der Waals surface area contributed by atoms with Gasteiger partial charge in [0, 0.05) is 26.7 Å². The molecule has 2 aliphatic rings. The van der Waals surface area contributed by atoms with Gasteiger partial charge in [-0.15, -0.1) is 0 Å². The van der Waals surface area contributed by atoms with E-state index < -0.39 is 35.5 Å². The third-order valence-electron chi connectivity index (χ3n) is 8.26. The van der Waals surface area contributed by atoms with E-state index in [2.05, 4.69) is 41.3 Å². The number of hydrogen-bond acceptors (Lipinski definition) is 5. The molecule has 2 saturated heterocycles. The second-order valence-corrected chi connectivity index (χ2v) is 11.2. The molecule has 3 aromatic rings. The molecule has 3 aromatic carbocycles. The predicted molar refractivity (Wildman–Crippen MR) is 157 cm³/mol. The Kier molecular flexibility index (Phi) is 8.13. The smallest absolute Gasteiger partial charge is 0.326 e. The number of imide groups is 1. The number of amides is 4. The number of aliphatic carboxylic acids is 1.